The van der Waals surface area contributed by atoms with Crippen molar-refractivity contribution in [3.8, 4) is 0 Å². The number of carbonyl (C=O) groups is 2. The minimum Gasteiger partial charge on any atom is -0.444 e. The summed E-state index contributed by atoms with van der Waals surface area (Å²) in [4.78, 5) is 38.8. The molecule has 12 heteroatoms. The van der Waals surface area contributed by atoms with Gasteiger partial charge in [0.1, 0.15) is 10.6 Å². The summed E-state index contributed by atoms with van der Waals surface area (Å²) < 4.78 is 46.4. The van der Waals surface area contributed by atoms with Crippen LogP contribution in [0.3, 0.4) is 0 Å². The van der Waals surface area contributed by atoms with Gasteiger partial charge in [0, 0.05) is 25.2 Å². The third kappa shape index (κ3) is 6.49. The van der Waals surface area contributed by atoms with Gasteiger partial charge in [-0.15, -0.1) is 0 Å². The molecule has 1 aromatic rings. The van der Waals surface area contributed by atoms with Crippen LogP contribution in [0.2, 0.25) is 5.02 Å². The number of amides is 2. The molecule has 0 spiro atoms. The smallest absolute Gasteiger partial charge is 0.417 e. The standard InChI is InChI=1S/C21H27ClF3N3O5/c1-12(2)27(13-7-6-8-26(11-13)19(30)33-20(3,4)5)18(29)14-9-17(28(31)32)16(22)10-15(14)21(23,24)25/h9-10,12-13H,6-8,11H2,1-5H3/t13-/m1/s1. The topological polar surface area (TPSA) is 93.0 Å². The molecule has 2 rings (SSSR count). The zero-order valence-corrected chi connectivity index (χ0v) is 19.8. The van der Waals surface area contributed by atoms with E-state index in [9.17, 15) is 32.9 Å². The Morgan fingerprint density at radius 3 is 2.36 bits per heavy atom. The Bertz CT molecular complexity index is 931. The molecule has 8 nitrogen and oxygen atoms in total. The summed E-state index contributed by atoms with van der Waals surface area (Å²) in [7, 11) is 0. The Morgan fingerprint density at radius 1 is 1.27 bits per heavy atom. The van der Waals surface area contributed by atoms with Gasteiger partial charge in [-0.3, -0.25) is 14.9 Å². The first-order valence-electron chi connectivity index (χ1n) is 10.4. The predicted molar refractivity (Wildman–Crippen MR) is 115 cm³/mol. The number of hydrogen-bond donors (Lipinski definition) is 0. The van der Waals surface area contributed by atoms with Gasteiger partial charge >= 0.3 is 12.3 Å². The van der Waals surface area contributed by atoms with E-state index >= 15 is 0 Å². The quantitative estimate of drug-likeness (QED) is 0.407. The van der Waals surface area contributed by atoms with Crippen molar-refractivity contribution in [2.75, 3.05) is 13.1 Å². The molecule has 0 N–H and O–H groups in total. The van der Waals surface area contributed by atoms with E-state index in [1.165, 1.54) is 9.80 Å². The van der Waals surface area contributed by atoms with Crippen molar-refractivity contribution in [1.82, 2.24) is 9.80 Å². The van der Waals surface area contributed by atoms with Crippen molar-refractivity contribution in [2.45, 2.75) is 71.3 Å². The lowest BCUT2D eigenvalue weighted by atomic mass is 9.99. The highest BCUT2D eigenvalue weighted by Gasteiger charge is 2.41. The van der Waals surface area contributed by atoms with Crippen molar-refractivity contribution in [3.63, 3.8) is 0 Å². The molecule has 0 saturated carbocycles. The van der Waals surface area contributed by atoms with Gasteiger partial charge in [-0.05, 0) is 53.5 Å². The molecular formula is C21H27ClF3N3O5. The van der Waals surface area contributed by atoms with Crippen molar-refractivity contribution < 1.29 is 32.4 Å². The van der Waals surface area contributed by atoms with Crippen LogP contribution in [0.25, 0.3) is 0 Å². The fraction of sp³-hybridized carbons (Fsp3) is 0.619. The van der Waals surface area contributed by atoms with Gasteiger partial charge in [-0.2, -0.15) is 13.2 Å². The van der Waals surface area contributed by atoms with Crippen LogP contribution in [-0.4, -0.2) is 57.5 Å². The second-order valence-corrected chi connectivity index (χ2v) is 9.54. The molecule has 1 aromatic carbocycles. The SMILES string of the molecule is CC(C)N(C(=O)c1cc([N+](=O)[O-])c(Cl)cc1C(F)(F)F)[C@@H]1CCCN(C(=O)OC(C)(C)C)C1. The molecule has 0 aliphatic carbocycles. The molecule has 1 saturated heterocycles. The lowest BCUT2D eigenvalue weighted by Crippen LogP contribution is -2.54. The van der Waals surface area contributed by atoms with Crippen molar-refractivity contribution in [2.24, 2.45) is 0 Å². The lowest BCUT2D eigenvalue weighted by molar-refractivity contribution is -0.384. The molecule has 1 aliphatic rings. The van der Waals surface area contributed by atoms with Gasteiger partial charge in [0.2, 0.25) is 0 Å². The number of nitrogens with zero attached hydrogens (tertiary/aromatic N) is 3. The molecule has 0 bridgehead atoms. The Kier molecular flexibility index (Phi) is 7.88. The van der Waals surface area contributed by atoms with Gasteiger partial charge in [0.05, 0.1) is 22.1 Å². The van der Waals surface area contributed by atoms with Crippen LogP contribution in [0.5, 0.6) is 0 Å². The number of benzene rings is 1. The molecule has 1 atom stereocenters. The predicted octanol–water partition coefficient (Wildman–Crippen LogP) is 5.52. The first kappa shape index (κ1) is 26.7. The number of alkyl halides is 3. The number of nitro benzene ring substituents is 1. The molecule has 0 unspecified atom stereocenters. The molecule has 2 amide bonds. The third-order valence-corrected chi connectivity index (χ3v) is 5.35. The van der Waals surface area contributed by atoms with E-state index in [-0.39, 0.29) is 6.54 Å². The Hall–Kier alpha value is -2.56. The fourth-order valence-electron chi connectivity index (χ4n) is 3.75. The van der Waals surface area contributed by atoms with Crippen LogP contribution in [0.15, 0.2) is 12.1 Å². The van der Waals surface area contributed by atoms with E-state index in [0.717, 1.165) is 0 Å². The Labute approximate surface area is 194 Å². The highest BCUT2D eigenvalue weighted by atomic mass is 35.5. The minimum atomic E-state index is -4.96. The van der Waals surface area contributed by atoms with E-state index in [2.05, 4.69) is 0 Å². The number of carbonyl (C=O) groups excluding carboxylic acids is 2. The van der Waals surface area contributed by atoms with Gasteiger partial charge in [-0.1, -0.05) is 11.6 Å². The maximum atomic E-state index is 13.7. The van der Waals surface area contributed by atoms with Gasteiger partial charge in [0.15, 0.2) is 0 Å². The molecular weight excluding hydrogens is 467 g/mol. The molecule has 0 radical (unpaired) electrons. The molecule has 184 valence electrons. The monoisotopic (exact) mass is 493 g/mol. The Balaban J connectivity index is 2.46. The van der Waals surface area contributed by atoms with E-state index in [1.54, 1.807) is 34.6 Å². The van der Waals surface area contributed by atoms with Crippen molar-refractivity contribution in [1.29, 1.82) is 0 Å². The summed E-state index contributed by atoms with van der Waals surface area (Å²) in [6, 6.07) is -0.178. The number of rotatable bonds is 4. The van der Waals surface area contributed by atoms with Crippen LogP contribution in [-0.2, 0) is 10.9 Å². The van der Waals surface area contributed by atoms with E-state index < -0.39 is 62.6 Å². The number of piperidine rings is 1. The highest BCUT2D eigenvalue weighted by molar-refractivity contribution is 6.33. The highest BCUT2D eigenvalue weighted by Crippen LogP contribution is 2.39. The summed E-state index contributed by atoms with van der Waals surface area (Å²) in [5, 5.41) is 10.5. The first-order valence-corrected chi connectivity index (χ1v) is 10.8. The van der Waals surface area contributed by atoms with E-state index in [0.29, 0.717) is 31.5 Å². The lowest BCUT2D eigenvalue weighted by Gasteiger charge is -2.41. The number of nitro groups is 1. The summed E-state index contributed by atoms with van der Waals surface area (Å²) in [5.41, 5.74) is -3.74. The summed E-state index contributed by atoms with van der Waals surface area (Å²) in [6.07, 6.45) is -4.59. The number of halogens is 4. The normalized spacial score (nSPS) is 17.2. The molecule has 1 heterocycles. The van der Waals surface area contributed by atoms with E-state index in [1.807, 2.05) is 0 Å². The van der Waals surface area contributed by atoms with E-state index in [4.69, 9.17) is 16.3 Å². The average molecular weight is 494 g/mol. The second-order valence-electron chi connectivity index (χ2n) is 9.13. The first-order chi connectivity index (χ1) is 15.0. The zero-order chi connectivity index (χ0) is 25.3. The summed E-state index contributed by atoms with van der Waals surface area (Å²) >= 11 is 5.68. The third-order valence-electron chi connectivity index (χ3n) is 5.05. The van der Waals surface area contributed by atoms with Crippen LogP contribution in [0, 0.1) is 10.1 Å². The average Bonchev–Trinajstić information content (AvgIpc) is 2.65. The van der Waals surface area contributed by atoms with Gasteiger partial charge < -0.3 is 14.5 Å². The van der Waals surface area contributed by atoms with Crippen molar-refractivity contribution >= 4 is 29.3 Å². The second kappa shape index (κ2) is 9.74. The molecule has 0 aromatic heterocycles. The summed E-state index contributed by atoms with van der Waals surface area (Å²) in [5.74, 6) is -1.02. The zero-order valence-electron chi connectivity index (χ0n) is 19.0. The minimum absolute atomic E-state index is 0.0653. The number of ether oxygens (including phenoxy) is 1. The maximum absolute atomic E-state index is 13.7. The van der Waals surface area contributed by atoms with Crippen LogP contribution in [0.1, 0.15) is 63.4 Å². The largest absolute Gasteiger partial charge is 0.444 e. The van der Waals surface area contributed by atoms with Crippen LogP contribution in [0.4, 0.5) is 23.7 Å². The van der Waals surface area contributed by atoms with Gasteiger partial charge in [-0.25, -0.2) is 4.79 Å². The fourth-order valence-corrected chi connectivity index (χ4v) is 3.98. The van der Waals surface area contributed by atoms with Crippen LogP contribution < -0.4 is 0 Å². The maximum Gasteiger partial charge on any atom is 0.417 e. The molecule has 33 heavy (non-hydrogen) atoms. The van der Waals surface area contributed by atoms with Crippen LogP contribution >= 0.6 is 11.6 Å². The molecule has 1 fully saturated rings. The van der Waals surface area contributed by atoms with Crippen molar-refractivity contribution in [3.05, 3.63) is 38.4 Å². The Morgan fingerprint density at radius 2 is 1.88 bits per heavy atom. The summed E-state index contributed by atoms with van der Waals surface area (Å²) in [6.45, 7) is 8.83. The number of hydrogen-bond acceptors (Lipinski definition) is 5. The molecule has 1 aliphatic heterocycles. The van der Waals surface area contributed by atoms with Gasteiger partial charge in [0.25, 0.3) is 11.6 Å². The number of likely N-dealkylation sites (tertiary alicyclic amines) is 1.